The molecule has 0 aromatic rings. The normalized spacial score (nSPS) is 28.8. The molecular weight excluding hydrogens is 262 g/mol. The van der Waals surface area contributed by atoms with Crippen molar-refractivity contribution in [3.63, 3.8) is 0 Å². The molecule has 1 aliphatic heterocycles. The van der Waals surface area contributed by atoms with Gasteiger partial charge in [0.05, 0.1) is 5.41 Å². The number of amides is 1. The topological polar surface area (TPSA) is 44.4 Å². The summed E-state index contributed by atoms with van der Waals surface area (Å²) in [6, 6.07) is 0. The van der Waals surface area contributed by atoms with Crippen LogP contribution in [0.5, 0.6) is 0 Å². The van der Waals surface area contributed by atoms with Crippen molar-refractivity contribution < 1.29 is 4.79 Å². The molecule has 0 spiro atoms. The first-order valence-corrected chi connectivity index (χ1v) is 8.71. The van der Waals surface area contributed by atoms with Crippen molar-refractivity contribution in [3.05, 3.63) is 0 Å². The molecule has 1 unspecified atom stereocenters. The van der Waals surface area contributed by atoms with Gasteiger partial charge in [-0.1, -0.05) is 32.6 Å². The van der Waals surface area contributed by atoms with E-state index >= 15 is 0 Å². The van der Waals surface area contributed by atoms with Gasteiger partial charge < -0.3 is 15.5 Å². The summed E-state index contributed by atoms with van der Waals surface area (Å²) in [6.45, 7) is 4.81. The Morgan fingerprint density at radius 2 is 1.90 bits per heavy atom. The molecule has 1 saturated carbocycles. The van der Waals surface area contributed by atoms with E-state index in [1.807, 2.05) is 0 Å². The zero-order chi connectivity index (χ0) is 15.3. The lowest BCUT2D eigenvalue weighted by atomic mass is 9.79. The Morgan fingerprint density at radius 1 is 1.19 bits per heavy atom. The Kier molecular flexibility index (Phi) is 5.67. The largest absolute Gasteiger partial charge is 0.354 e. The molecule has 0 bridgehead atoms. The van der Waals surface area contributed by atoms with E-state index in [-0.39, 0.29) is 16.9 Å². The molecule has 2 N–H and O–H groups in total. The van der Waals surface area contributed by atoms with Crippen LogP contribution in [0, 0.1) is 5.41 Å². The summed E-state index contributed by atoms with van der Waals surface area (Å²) in [5, 5.41) is 6.70. The van der Waals surface area contributed by atoms with E-state index in [0.717, 1.165) is 38.9 Å². The second-order valence-electron chi connectivity index (χ2n) is 7.32. The minimum atomic E-state index is -0.156. The number of carbonyl (C=O) groups excluding carboxylic acids is 1. The third kappa shape index (κ3) is 3.59. The van der Waals surface area contributed by atoms with Gasteiger partial charge >= 0.3 is 0 Å². The van der Waals surface area contributed by atoms with Crippen molar-refractivity contribution >= 4 is 5.91 Å². The summed E-state index contributed by atoms with van der Waals surface area (Å²) in [7, 11) is 4.33. The zero-order valence-electron chi connectivity index (χ0n) is 14.1. The standard InChI is InChI=1S/C17H33N3O/c1-4-8-16(11-12-18-13-16)15(21)19-14-17(20(2)3)9-6-5-7-10-17/h18H,4-14H2,1-3H3,(H,19,21). The average Bonchev–Trinajstić information content (AvgIpc) is 2.96. The van der Waals surface area contributed by atoms with Gasteiger partial charge in [-0.25, -0.2) is 0 Å². The lowest BCUT2D eigenvalue weighted by molar-refractivity contribution is -0.131. The summed E-state index contributed by atoms with van der Waals surface area (Å²) < 4.78 is 0. The smallest absolute Gasteiger partial charge is 0.227 e. The number of likely N-dealkylation sites (N-methyl/N-ethyl adjacent to an activating group) is 1. The molecule has 0 aromatic heterocycles. The highest BCUT2D eigenvalue weighted by atomic mass is 16.2. The van der Waals surface area contributed by atoms with Gasteiger partial charge in [0.2, 0.25) is 5.91 Å². The summed E-state index contributed by atoms with van der Waals surface area (Å²) >= 11 is 0. The maximum atomic E-state index is 12.8. The third-order valence-electron chi connectivity index (χ3n) is 5.76. The fourth-order valence-corrected chi connectivity index (χ4v) is 4.17. The highest BCUT2D eigenvalue weighted by Gasteiger charge is 2.42. The highest BCUT2D eigenvalue weighted by Crippen LogP contribution is 2.34. The Labute approximate surface area is 130 Å². The van der Waals surface area contributed by atoms with Crippen LogP contribution in [0.25, 0.3) is 0 Å². The van der Waals surface area contributed by atoms with Crippen LogP contribution < -0.4 is 10.6 Å². The van der Waals surface area contributed by atoms with Gasteiger partial charge in [-0.15, -0.1) is 0 Å². The lowest BCUT2D eigenvalue weighted by Crippen LogP contribution is -2.56. The van der Waals surface area contributed by atoms with E-state index in [1.165, 1.54) is 32.1 Å². The van der Waals surface area contributed by atoms with Crippen molar-refractivity contribution in [2.75, 3.05) is 33.7 Å². The molecule has 1 atom stereocenters. The van der Waals surface area contributed by atoms with Gasteiger partial charge in [-0.2, -0.15) is 0 Å². The van der Waals surface area contributed by atoms with E-state index in [0.29, 0.717) is 0 Å². The molecular formula is C17H33N3O. The minimum absolute atomic E-state index is 0.156. The quantitative estimate of drug-likeness (QED) is 0.789. The summed E-state index contributed by atoms with van der Waals surface area (Å²) in [5.74, 6) is 0.279. The molecule has 0 radical (unpaired) electrons. The molecule has 122 valence electrons. The van der Waals surface area contributed by atoms with E-state index in [1.54, 1.807) is 0 Å². The first kappa shape index (κ1) is 16.8. The van der Waals surface area contributed by atoms with Gasteiger partial charge in [0, 0.05) is 18.6 Å². The molecule has 1 saturated heterocycles. The molecule has 2 fully saturated rings. The molecule has 4 heteroatoms. The average molecular weight is 295 g/mol. The number of rotatable bonds is 6. The molecule has 1 amide bonds. The fourth-order valence-electron chi connectivity index (χ4n) is 4.17. The van der Waals surface area contributed by atoms with Gasteiger partial charge in [0.25, 0.3) is 0 Å². The summed E-state index contributed by atoms with van der Waals surface area (Å²) in [4.78, 5) is 15.1. The molecule has 4 nitrogen and oxygen atoms in total. The second kappa shape index (κ2) is 7.10. The van der Waals surface area contributed by atoms with Crippen LogP contribution in [-0.4, -0.2) is 50.1 Å². The van der Waals surface area contributed by atoms with Crippen LogP contribution in [0.2, 0.25) is 0 Å². The molecule has 21 heavy (non-hydrogen) atoms. The number of hydrogen-bond donors (Lipinski definition) is 2. The zero-order valence-corrected chi connectivity index (χ0v) is 14.1. The van der Waals surface area contributed by atoms with Crippen LogP contribution in [-0.2, 0) is 4.79 Å². The Balaban J connectivity index is 1.98. The van der Waals surface area contributed by atoms with Crippen molar-refractivity contribution in [1.82, 2.24) is 15.5 Å². The van der Waals surface area contributed by atoms with Gasteiger partial charge in [0.15, 0.2) is 0 Å². The monoisotopic (exact) mass is 295 g/mol. The van der Waals surface area contributed by atoms with Crippen LogP contribution in [0.4, 0.5) is 0 Å². The number of hydrogen-bond acceptors (Lipinski definition) is 3. The van der Waals surface area contributed by atoms with Crippen LogP contribution in [0.15, 0.2) is 0 Å². The Bertz CT molecular complexity index is 342. The van der Waals surface area contributed by atoms with E-state index in [9.17, 15) is 4.79 Å². The van der Waals surface area contributed by atoms with Gasteiger partial charge in [-0.3, -0.25) is 4.79 Å². The molecule has 2 aliphatic rings. The Hall–Kier alpha value is -0.610. The first-order valence-electron chi connectivity index (χ1n) is 8.71. The van der Waals surface area contributed by atoms with Crippen molar-refractivity contribution in [2.45, 2.75) is 63.8 Å². The molecule has 2 rings (SSSR count). The fraction of sp³-hybridized carbons (Fsp3) is 0.941. The second-order valence-corrected chi connectivity index (χ2v) is 7.32. The third-order valence-corrected chi connectivity index (χ3v) is 5.76. The van der Waals surface area contributed by atoms with E-state index in [2.05, 4.69) is 36.6 Å². The van der Waals surface area contributed by atoms with Crippen molar-refractivity contribution in [3.8, 4) is 0 Å². The first-order chi connectivity index (χ1) is 10.0. The van der Waals surface area contributed by atoms with Crippen LogP contribution in [0.1, 0.15) is 58.3 Å². The minimum Gasteiger partial charge on any atom is -0.354 e. The van der Waals surface area contributed by atoms with Gasteiger partial charge in [-0.05, 0) is 46.3 Å². The maximum absolute atomic E-state index is 12.8. The molecule has 1 aliphatic carbocycles. The van der Waals surface area contributed by atoms with Gasteiger partial charge in [0.1, 0.15) is 0 Å². The van der Waals surface area contributed by atoms with Crippen LogP contribution in [0.3, 0.4) is 0 Å². The number of nitrogens with zero attached hydrogens (tertiary/aromatic N) is 1. The molecule has 1 heterocycles. The predicted octanol–water partition coefficient (Wildman–Crippen LogP) is 2.15. The van der Waals surface area contributed by atoms with E-state index < -0.39 is 0 Å². The van der Waals surface area contributed by atoms with Crippen LogP contribution >= 0.6 is 0 Å². The molecule has 0 aromatic carbocycles. The highest BCUT2D eigenvalue weighted by molar-refractivity contribution is 5.83. The number of nitrogens with one attached hydrogen (secondary N) is 2. The van der Waals surface area contributed by atoms with Crippen molar-refractivity contribution in [1.29, 1.82) is 0 Å². The number of carbonyl (C=O) groups is 1. The maximum Gasteiger partial charge on any atom is 0.227 e. The Morgan fingerprint density at radius 3 is 2.43 bits per heavy atom. The SMILES string of the molecule is CCCC1(C(=O)NCC2(N(C)C)CCCCC2)CCNC1. The lowest BCUT2D eigenvalue weighted by Gasteiger charge is -2.43. The summed E-state index contributed by atoms with van der Waals surface area (Å²) in [5.41, 5.74) is 0.0181. The predicted molar refractivity (Wildman–Crippen MR) is 87.3 cm³/mol. The van der Waals surface area contributed by atoms with E-state index in [4.69, 9.17) is 0 Å². The summed E-state index contributed by atoms with van der Waals surface area (Å²) in [6.07, 6.45) is 9.40. The van der Waals surface area contributed by atoms with Crippen molar-refractivity contribution in [2.24, 2.45) is 5.41 Å².